The molecule has 0 saturated carbocycles. The van der Waals surface area contributed by atoms with Crippen molar-refractivity contribution >= 4 is 10.8 Å². The van der Waals surface area contributed by atoms with E-state index in [1.165, 1.54) is 12.1 Å². The van der Waals surface area contributed by atoms with Crippen LogP contribution < -0.4 is 4.74 Å². The highest BCUT2D eigenvalue weighted by molar-refractivity contribution is 5.88. The Morgan fingerprint density at radius 2 is 1.51 bits per heavy atom. The zero-order valence-corrected chi connectivity index (χ0v) is 18.8. The smallest absolute Gasteiger partial charge is 0.387 e. The number of hydrogen-bond acceptors (Lipinski definition) is 1. The second-order valence-corrected chi connectivity index (χ2v) is 8.26. The second-order valence-electron chi connectivity index (χ2n) is 8.26. The van der Waals surface area contributed by atoms with Crippen molar-refractivity contribution in [1.29, 1.82) is 0 Å². The predicted molar refractivity (Wildman–Crippen MR) is 128 cm³/mol. The first-order valence-corrected chi connectivity index (χ1v) is 11.2. The van der Waals surface area contributed by atoms with Gasteiger partial charge in [0.1, 0.15) is 11.6 Å². The van der Waals surface area contributed by atoms with Gasteiger partial charge in [0.25, 0.3) is 0 Å². The van der Waals surface area contributed by atoms with E-state index < -0.39 is 24.0 Å². The topological polar surface area (TPSA) is 9.23 Å². The lowest BCUT2D eigenvalue weighted by Gasteiger charge is -2.11. The number of hydrogen-bond donors (Lipinski definition) is 0. The minimum Gasteiger partial charge on any atom is -0.432 e. The lowest BCUT2D eigenvalue weighted by molar-refractivity contribution is -0.0522. The second kappa shape index (κ2) is 10.7. The number of rotatable bonds is 9. The van der Waals surface area contributed by atoms with Gasteiger partial charge in [-0.25, -0.2) is 13.2 Å². The van der Waals surface area contributed by atoms with Crippen LogP contribution in [0.4, 0.5) is 22.0 Å². The Morgan fingerprint density at radius 1 is 0.771 bits per heavy atom. The van der Waals surface area contributed by atoms with Crippen LogP contribution in [0.15, 0.2) is 79.4 Å². The molecule has 0 radical (unpaired) electrons. The van der Waals surface area contributed by atoms with E-state index in [2.05, 4.69) is 11.3 Å². The lowest BCUT2D eigenvalue weighted by Crippen LogP contribution is -2.04. The standard InChI is InChI=1S/C29H23F5O/c1-2-3-4-18-6-12-23(25(30)15-18)21-11-13-24-22(17-21)10-9-20(28(24)32)8-5-19-7-14-27(26(31)16-19)35-29(33)34/h2,6-7,9-17,29H,1,3-5,8H2. The molecular weight excluding hydrogens is 459 g/mol. The van der Waals surface area contributed by atoms with Gasteiger partial charge in [0.05, 0.1) is 0 Å². The predicted octanol–water partition coefficient (Wildman–Crippen LogP) is 8.43. The first-order chi connectivity index (χ1) is 16.9. The molecular formula is C29H23F5O. The van der Waals surface area contributed by atoms with E-state index >= 15 is 4.39 Å². The van der Waals surface area contributed by atoms with Crippen LogP contribution in [0.5, 0.6) is 5.75 Å². The number of aryl methyl sites for hydroxylation is 3. The number of fused-ring (bicyclic) bond motifs is 1. The molecule has 0 N–H and O–H groups in total. The van der Waals surface area contributed by atoms with Gasteiger partial charge in [0.15, 0.2) is 11.6 Å². The Labute approximate surface area is 200 Å². The molecule has 0 aromatic heterocycles. The molecule has 0 atom stereocenters. The highest BCUT2D eigenvalue weighted by Gasteiger charge is 2.13. The number of allylic oxidation sites excluding steroid dienone is 1. The van der Waals surface area contributed by atoms with Crippen LogP contribution in [0.2, 0.25) is 0 Å². The van der Waals surface area contributed by atoms with E-state index in [0.717, 1.165) is 24.1 Å². The first-order valence-electron chi connectivity index (χ1n) is 11.2. The fourth-order valence-corrected chi connectivity index (χ4v) is 4.08. The van der Waals surface area contributed by atoms with Crippen LogP contribution in [-0.2, 0) is 19.3 Å². The van der Waals surface area contributed by atoms with Crippen LogP contribution in [-0.4, -0.2) is 6.61 Å². The minimum atomic E-state index is -3.11. The quantitative estimate of drug-likeness (QED) is 0.172. The van der Waals surface area contributed by atoms with E-state index in [9.17, 15) is 17.6 Å². The third kappa shape index (κ3) is 5.70. The van der Waals surface area contributed by atoms with E-state index in [-0.39, 0.29) is 5.82 Å². The minimum absolute atomic E-state index is 0.290. The third-order valence-electron chi connectivity index (χ3n) is 5.91. The summed E-state index contributed by atoms with van der Waals surface area (Å²) < 4.78 is 72.5. The van der Waals surface area contributed by atoms with Crippen molar-refractivity contribution in [2.75, 3.05) is 0 Å². The van der Waals surface area contributed by atoms with Crippen LogP contribution in [0.1, 0.15) is 23.1 Å². The third-order valence-corrected chi connectivity index (χ3v) is 5.91. The molecule has 0 aliphatic heterocycles. The molecule has 1 nitrogen and oxygen atoms in total. The summed E-state index contributed by atoms with van der Waals surface area (Å²) in [6, 6.07) is 17.3. The van der Waals surface area contributed by atoms with Crippen molar-refractivity contribution in [2.45, 2.75) is 32.3 Å². The number of benzene rings is 4. The number of ether oxygens (including phenoxy) is 1. The molecule has 0 aliphatic rings. The zero-order chi connectivity index (χ0) is 24.9. The Balaban J connectivity index is 1.53. The molecule has 0 aliphatic carbocycles. The summed E-state index contributed by atoms with van der Waals surface area (Å²) in [6.45, 7) is 0.570. The van der Waals surface area contributed by atoms with E-state index in [1.54, 1.807) is 42.5 Å². The molecule has 0 spiro atoms. The van der Waals surface area contributed by atoms with Gasteiger partial charge in [0, 0.05) is 10.9 Å². The summed E-state index contributed by atoms with van der Waals surface area (Å²) in [5, 5.41) is 1.04. The van der Waals surface area contributed by atoms with Gasteiger partial charge >= 0.3 is 6.61 Å². The monoisotopic (exact) mass is 482 g/mol. The number of halogens is 5. The van der Waals surface area contributed by atoms with Gasteiger partial charge in [-0.05, 0) is 77.6 Å². The molecule has 0 unspecified atom stereocenters. The van der Waals surface area contributed by atoms with Gasteiger partial charge in [-0.3, -0.25) is 0 Å². The molecule has 180 valence electrons. The van der Waals surface area contributed by atoms with E-state index in [4.69, 9.17) is 0 Å². The number of alkyl halides is 2. The van der Waals surface area contributed by atoms with E-state index in [1.807, 2.05) is 6.07 Å². The van der Waals surface area contributed by atoms with Crippen LogP contribution >= 0.6 is 0 Å². The maximum Gasteiger partial charge on any atom is 0.387 e. The summed E-state index contributed by atoms with van der Waals surface area (Å²) in [5.41, 5.74) is 2.96. The average Bonchev–Trinajstić information content (AvgIpc) is 2.83. The van der Waals surface area contributed by atoms with Gasteiger partial charge in [-0.2, -0.15) is 8.78 Å². The molecule has 35 heavy (non-hydrogen) atoms. The summed E-state index contributed by atoms with van der Waals surface area (Å²) in [6.07, 6.45) is 3.88. The van der Waals surface area contributed by atoms with Crippen molar-refractivity contribution < 1.29 is 26.7 Å². The van der Waals surface area contributed by atoms with Gasteiger partial charge in [-0.1, -0.05) is 48.5 Å². The lowest BCUT2D eigenvalue weighted by atomic mass is 9.96. The van der Waals surface area contributed by atoms with Crippen molar-refractivity contribution in [3.05, 3.63) is 114 Å². The Hall–Kier alpha value is -3.67. The molecule has 0 saturated heterocycles. The van der Waals surface area contributed by atoms with Crippen molar-refractivity contribution in [2.24, 2.45) is 0 Å². The maximum absolute atomic E-state index is 15.2. The molecule has 6 heteroatoms. The van der Waals surface area contributed by atoms with Crippen molar-refractivity contribution in [3.8, 4) is 16.9 Å². The molecule has 0 amide bonds. The van der Waals surface area contributed by atoms with Crippen LogP contribution in [0.25, 0.3) is 21.9 Å². The van der Waals surface area contributed by atoms with Gasteiger partial charge in [0.2, 0.25) is 0 Å². The molecule has 4 aromatic carbocycles. The fraction of sp³-hybridized carbons (Fsp3) is 0.172. The summed E-state index contributed by atoms with van der Waals surface area (Å²) in [7, 11) is 0. The summed E-state index contributed by atoms with van der Waals surface area (Å²) in [5.74, 6) is -2.15. The summed E-state index contributed by atoms with van der Waals surface area (Å²) in [4.78, 5) is 0. The maximum atomic E-state index is 15.2. The van der Waals surface area contributed by atoms with Crippen molar-refractivity contribution in [3.63, 3.8) is 0 Å². The molecule has 0 bridgehead atoms. The van der Waals surface area contributed by atoms with Gasteiger partial charge < -0.3 is 4.74 Å². The molecule has 4 aromatic rings. The fourth-order valence-electron chi connectivity index (χ4n) is 4.08. The molecule has 0 heterocycles. The largest absolute Gasteiger partial charge is 0.432 e. The summed E-state index contributed by atoms with van der Waals surface area (Å²) >= 11 is 0. The zero-order valence-electron chi connectivity index (χ0n) is 18.8. The van der Waals surface area contributed by atoms with E-state index in [0.29, 0.717) is 52.3 Å². The average molecular weight is 482 g/mol. The Bertz CT molecular complexity index is 1360. The van der Waals surface area contributed by atoms with Crippen molar-refractivity contribution in [1.82, 2.24) is 0 Å². The molecule has 0 fully saturated rings. The van der Waals surface area contributed by atoms with Crippen LogP contribution in [0, 0.1) is 17.5 Å². The Morgan fingerprint density at radius 3 is 2.23 bits per heavy atom. The highest BCUT2D eigenvalue weighted by atomic mass is 19.3. The SMILES string of the molecule is C=CCCc1ccc(-c2ccc3c(F)c(CCc4ccc(OC(F)F)c(F)c4)ccc3c2)c(F)c1. The Kier molecular flexibility index (Phi) is 7.49. The molecule has 4 rings (SSSR count). The highest BCUT2D eigenvalue weighted by Crippen LogP contribution is 2.30. The van der Waals surface area contributed by atoms with Crippen LogP contribution in [0.3, 0.4) is 0 Å². The first kappa shape index (κ1) is 24.5. The van der Waals surface area contributed by atoms with Gasteiger partial charge in [-0.15, -0.1) is 6.58 Å². The normalized spacial score (nSPS) is 11.3.